The number of carbonyl (C=O) groups excluding carboxylic acids is 1. The summed E-state index contributed by atoms with van der Waals surface area (Å²) < 4.78 is 6.29. The standard InChI is InChI=1S/C18H21BrN2O2/c1-5-11-21(17(22)23-18(2,3)4)15-10-9-12-13(16(15)19)7-6-8-14(12)20/h5-10H,1,11,20H2,2-4H3. The van der Waals surface area contributed by atoms with Gasteiger partial charge in [0.15, 0.2) is 0 Å². The molecule has 23 heavy (non-hydrogen) atoms. The predicted molar refractivity (Wildman–Crippen MR) is 99.8 cm³/mol. The Kier molecular flexibility index (Phi) is 5.00. The Morgan fingerprint density at radius 2 is 2.00 bits per heavy atom. The second-order valence-electron chi connectivity index (χ2n) is 6.22. The number of ether oxygens (including phenoxy) is 1. The van der Waals surface area contributed by atoms with Crippen LogP contribution in [0.1, 0.15) is 20.8 Å². The number of anilines is 2. The van der Waals surface area contributed by atoms with Gasteiger partial charge in [0.2, 0.25) is 0 Å². The highest BCUT2D eigenvalue weighted by molar-refractivity contribution is 9.10. The van der Waals surface area contributed by atoms with Crippen molar-refractivity contribution < 1.29 is 9.53 Å². The van der Waals surface area contributed by atoms with E-state index in [1.54, 1.807) is 11.0 Å². The van der Waals surface area contributed by atoms with Gasteiger partial charge in [-0.1, -0.05) is 24.3 Å². The Hall–Kier alpha value is -2.01. The highest BCUT2D eigenvalue weighted by Gasteiger charge is 2.24. The molecule has 0 unspecified atom stereocenters. The Morgan fingerprint density at radius 1 is 1.30 bits per heavy atom. The summed E-state index contributed by atoms with van der Waals surface area (Å²) in [6.45, 7) is 9.60. The van der Waals surface area contributed by atoms with Crippen molar-refractivity contribution in [3.63, 3.8) is 0 Å². The Morgan fingerprint density at radius 3 is 2.61 bits per heavy atom. The molecule has 5 heteroatoms. The van der Waals surface area contributed by atoms with Crippen molar-refractivity contribution in [2.24, 2.45) is 0 Å². The monoisotopic (exact) mass is 376 g/mol. The molecule has 2 aromatic rings. The summed E-state index contributed by atoms with van der Waals surface area (Å²) in [6.07, 6.45) is 1.25. The lowest BCUT2D eigenvalue weighted by atomic mass is 10.1. The van der Waals surface area contributed by atoms with Crippen LogP contribution in [0.15, 0.2) is 47.5 Å². The van der Waals surface area contributed by atoms with E-state index in [4.69, 9.17) is 10.5 Å². The third-order valence-corrected chi connectivity index (χ3v) is 4.06. The van der Waals surface area contributed by atoms with E-state index in [-0.39, 0.29) is 0 Å². The first-order chi connectivity index (χ1) is 10.7. The van der Waals surface area contributed by atoms with Crippen LogP contribution in [0.2, 0.25) is 0 Å². The molecule has 2 aromatic carbocycles. The third-order valence-electron chi connectivity index (χ3n) is 3.23. The molecule has 0 aliphatic rings. The van der Waals surface area contributed by atoms with E-state index < -0.39 is 11.7 Å². The van der Waals surface area contributed by atoms with E-state index in [0.717, 1.165) is 20.9 Å². The van der Waals surface area contributed by atoms with Crippen molar-refractivity contribution in [2.45, 2.75) is 26.4 Å². The number of rotatable bonds is 3. The maximum atomic E-state index is 12.5. The molecule has 0 spiro atoms. The van der Waals surface area contributed by atoms with Crippen LogP contribution in [0.3, 0.4) is 0 Å². The molecule has 4 nitrogen and oxygen atoms in total. The van der Waals surface area contributed by atoms with Gasteiger partial charge in [0.25, 0.3) is 0 Å². The predicted octanol–water partition coefficient (Wildman–Crippen LogP) is 5.11. The zero-order valence-corrected chi connectivity index (χ0v) is 15.2. The molecule has 0 atom stereocenters. The molecule has 0 fully saturated rings. The molecule has 0 saturated heterocycles. The minimum Gasteiger partial charge on any atom is -0.443 e. The van der Waals surface area contributed by atoms with Gasteiger partial charge in [0, 0.05) is 27.5 Å². The number of amides is 1. The molecule has 0 bridgehead atoms. The lowest BCUT2D eigenvalue weighted by Crippen LogP contribution is -2.37. The van der Waals surface area contributed by atoms with Crippen LogP contribution >= 0.6 is 15.9 Å². The fourth-order valence-electron chi connectivity index (χ4n) is 2.26. The zero-order valence-electron chi connectivity index (χ0n) is 13.6. The first-order valence-corrected chi connectivity index (χ1v) is 8.12. The zero-order chi connectivity index (χ0) is 17.2. The number of hydrogen-bond donors (Lipinski definition) is 1. The smallest absolute Gasteiger partial charge is 0.415 e. The summed E-state index contributed by atoms with van der Waals surface area (Å²) in [5.41, 5.74) is 6.86. The summed E-state index contributed by atoms with van der Waals surface area (Å²) in [4.78, 5) is 14.1. The Bertz CT molecular complexity index is 751. The van der Waals surface area contributed by atoms with Gasteiger partial charge in [-0.2, -0.15) is 0 Å². The lowest BCUT2D eigenvalue weighted by Gasteiger charge is -2.27. The molecule has 0 heterocycles. The van der Waals surface area contributed by atoms with Crippen LogP contribution in [-0.2, 0) is 4.74 Å². The first kappa shape index (κ1) is 17.3. The molecular formula is C18H21BrN2O2. The maximum Gasteiger partial charge on any atom is 0.415 e. The summed E-state index contributed by atoms with van der Waals surface area (Å²) in [6, 6.07) is 9.46. The molecule has 0 aliphatic heterocycles. The largest absolute Gasteiger partial charge is 0.443 e. The van der Waals surface area contributed by atoms with E-state index in [2.05, 4.69) is 22.5 Å². The molecule has 122 valence electrons. The summed E-state index contributed by atoms with van der Waals surface area (Å²) in [7, 11) is 0. The number of nitrogen functional groups attached to an aromatic ring is 1. The first-order valence-electron chi connectivity index (χ1n) is 7.32. The van der Waals surface area contributed by atoms with Crippen molar-refractivity contribution in [3.05, 3.63) is 47.5 Å². The number of halogens is 1. The van der Waals surface area contributed by atoms with Gasteiger partial charge < -0.3 is 10.5 Å². The van der Waals surface area contributed by atoms with E-state index in [0.29, 0.717) is 12.2 Å². The number of fused-ring (bicyclic) bond motifs is 1. The molecule has 0 aliphatic carbocycles. The molecule has 2 rings (SSSR count). The highest BCUT2D eigenvalue weighted by Crippen LogP contribution is 2.36. The highest BCUT2D eigenvalue weighted by atomic mass is 79.9. The van der Waals surface area contributed by atoms with E-state index in [1.807, 2.05) is 51.1 Å². The van der Waals surface area contributed by atoms with Crippen molar-refractivity contribution >= 4 is 44.2 Å². The minimum absolute atomic E-state index is 0.349. The molecule has 0 radical (unpaired) electrons. The number of hydrogen-bond acceptors (Lipinski definition) is 3. The third kappa shape index (κ3) is 3.85. The fraction of sp³-hybridized carbons (Fsp3) is 0.278. The van der Waals surface area contributed by atoms with Crippen molar-refractivity contribution in [1.82, 2.24) is 0 Å². The molecule has 0 aromatic heterocycles. The van der Waals surface area contributed by atoms with Crippen LogP contribution in [0.4, 0.5) is 16.2 Å². The average molecular weight is 377 g/mol. The molecule has 0 saturated carbocycles. The SMILES string of the molecule is C=CCN(C(=O)OC(C)(C)C)c1ccc2c(N)cccc2c1Br. The molecular weight excluding hydrogens is 356 g/mol. The Balaban J connectivity index is 2.51. The molecule has 2 N–H and O–H groups in total. The van der Waals surface area contributed by atoms with Gasteiger partial charge in [-0.05, 0) is 48.8 Å². The quantitative estimate of drug-likeness (QED) is 0.597. The van der Waals surface area contributed by atoms with Crippen molar-refractivity contribution in [2.75, 3.05) is 17.2 Å². The summed E-state index contributed by atoms with van der Waals surface area (Å²) in [5, 5.41) is 1.88. The molecule has 1 amide bonds. The van der Waals surface area contributed by atoms with Gasteiger partial charge in [0.05, 0.1) is 5.69 Å². The van der Waals surface area contributed by atoms with Crippen LogP contribution in [0.5, 0.6) is 0 Å². The number of nitrogens with two attached hydrogens (primary N) is 1. The summed E-state index contributed by atoms with van der Waals surface area (Å²) in [5.74, 6) is 0. The number of benzene rings is 2. The number of nitrogens with zero attached hydrogens (tertiary/aromatic N) is 1. The van der Waals surface area contributed by atoms with E-state index >= 15 is 0 Å². The van der Waals surface area contributed by atoms with Gasteiger partial charge in [-0.15, -0.1) is 6.58 Å². The normalized spacial score (nSPS) is 11.3. The van der Waals surface area contributed by atoms with Crippen LogP contribution in [0, 0.1) is 0 Å². The van der Waals surface area contributed by atoms with Crippen molar-refractivity contribution in [3.8, 4) is 0 Å². The van der Waals surface area contributed by atoms with Gasteiger partial charge in [-0.3, -0.25) is 4.90 Å². The van der Waals surface area contributed by atoms with Crippen LogP contribution in [0.25, 0.3) is 10.8 Å². The second-order valence-corrected chi connectivity index (χ2v) is 7.01. The minimum atomic E-state index is -0.565. The fourth-order valence-corrected chi connectivity index (χ4v) is 2.95. The summed E-state index contributed by atoms with van der Waals surface area (Å²) >= 11 is 3.60. The Labute approximate surface area is 145 Å². The van der Waals surface area contributed by atoms with Gasteiger partial charge >= 0.3 is 6.09 Å². The average Bonchev–Trinajstić information content (AvgIpc) is 2.45. The van der Waals surface area contributed by atoms with Crippen molar-refractivity contribution in [1.29, 1.82) is 0 Å². The van der Waals surface area contributed by atoms with E-state index in [9.17, 15) is 4.79 Å². The van der Waals surface area contributed by atoms with E-state index in [1.165, 1.54) is 0 Å². The lowest BCUT2D eigenvalue weighted by molar-refractivity contribution is 0.0584. The van der Waals surface area contributed by atoms with Gasteiger partial charge in [-0.25, -0.2) is 4.79 Å². The topological polar surface area (TPSA) is 55.6 Å². The van der Waals surface area contributed by atoms with Crippen LogP contribution < -0.4 is 10.6 Å². The second kappa shape index (κ2) is 6.62. The van der Waals surface area contributed by atoms with Crippen LogP contribution in [-0.4, -0.2) is 18.2 Å². The number of carbonyl (C=O) groups is 1. The van der Waals surface area contributed by atoms with Gasteiger partial charge in [0.1, 0.15) is 5.60 Å². The maximum absolute atomic E-state index is 12.5.